The smallest absolute Gasteiger partial charge is 0.341 e. The van der Waals surface area contributed by atoms with Crippen molar-refractivity contribution in [3.8, 4) is 11.5 Å². The SMILES string of the molecule is COC(=O)c1cc(O[C@H]2CC[C@@](C)(C(=O)OCc3cccc4ccccc34)CC2)c(P)cc1OC. The van der Waals surface area contributed by atoms with Crippen LogP contribution in [0.1, 0.15) is 48.5 Å². The maximum absolute atomic E-state index is 13.0. The minimum atomic E-state index is -0.550. The average Bonchev–Trinajstić information content (AvgIpc) is 2.88. The fraction of sp³-hybridized carbons (Fsp3) is 0.357. The number of ether oxygens (including phenoxy) is 4. The van der Waals surface area contributed by atoms with Gasteiger partial charge in [-0.25, -0.2) is 4.79 Å². The molecule has 0 saturated heterocycles. The Morgan fingerprint density at radius 2 is 1.71 bits per heavy atom. The molecule has 1 saturated carbocycles. The highest BCUT2D eigenvalue weighted by molar-refractivity contribution is 7.27. The van der Waals surface area contributed by atoms with Crippen molar-refractivity contribution >= 4 is 37.3 Å². The van der Waals surface area contributed by atoms with Gasteiger partial charge in [0.15, 0.2) is 0 Å². The number of methoxy groups -OCH3 is 2. The number of hydrogen-bond donors (Lipinski definition) is 0. The Morgan fingerprint density at radius 1 is 1.00 bits per heavy atom. The summed E-state index contributed by atoms with van der Waals surface area (Å²) in [5.41, 5.74) is 0.769. The van der Waals surface area contributed by atoms with E-state index >= 15 is 0 Å². The number of benzene rings is 3. The van der Waals surface area contributed by atoms with Gasteiger partial charge in [0.2, 0.25) is 0 Å². The van der Waals surface area contributed by atoms with Crippen LogP contribution in [0.2, 0.25) is 0 Å². The summed E-state index contributed by atoms with van der Waals surface area (Å²) in [6.07, 6.45) is 2.69. The molecule has 0 N–H and O–H groups in total. The summed E-state index contributed by atoms with van der Waals surface area (Å²) in [5.74, 6) is 0.359. The maximum Gasteiger partial charge on any atom is 0.341 e. The van der Waals surface area contributed by atoms with E-state index in [1.807, 2.05) is 37.3 Å². The molecule has 7 heteroatoms. The Balaban J connectivity index is 1.38. The predicted octanol–water partition coefficient (Wildman–Crippen LogP) is 5.21. The van der Waals surface area contributed by atoms with Crippen molar-refractivity contribution in [3.05, 3.63) is 65.7 Å². The van der Waals surface area contributed by atoms with Crippen molar-refractivity contribution in [2.75, 3.05) is 14.2 Å². The third-order valence-electron chi connectivity index (χ3n) is 6.80. The molecule has 1 aliphatic rings. The minimum absolute atomic E-state index is 0.0628. The van der Waals surface area contributed by atoms with Gasteiger partial charge in [-0.1, -0.05) is 42.5 Å². The molecule has 1 unspecified atom stereocenters. The summed E-state index contributed by atoms with van der Waals surface area (Å²) in [7, 11) is 5.46. The van der Waals surface area contributed by atoms with Gasteiger partial charge in [0.25, 0.3) is 0 Å². The summed E-state index contributed by atoms with van der Waals surface area (Å²) in [6, 6.07) is 17.5. The summed E-state index contributed by atoms with van der Waals surface area (Å²) in [5, 5.41) is 3.02. The third kappa shape index (κ3) is 5.43. The zero-order valence-electron chi connectivity index (χ0n) is 20.3. The normalized spacial score (nSPS) is 19.7. The standard InChI is InChI=1S/C28H31O6P/c1-28(27(30)33-17-19-9-6-8-18-7-4-5-10-21(18)19)13-11-20(12-14-28)34-24-15-22(26(29)32-3)23(31-2)16-25(24)35/h4-10,15-16,20H,11-14,17,35H2,1-3H3/t20-,28+. The van der Waals surface area contributed by atoms with Gasteiger partial charge in [0, 0.05) is 5.30 Å². The number of esters is 2. The van der Waals surface area contributed by atoms with E-state index < -0.39 is 11.4 Å². The Bertz CT molecular complexity index is 1220. The van der Waals surface area contributed by atoms with Gasteiger partial charge in [-0.3, -0.25) is 4.79 Å². The Morgan fingerprint density at radius 3 is 2.43 bits per heavy atom. The number of hydrogen-bond acceptors (Lipinski definition) is 6. The van der Waals surface area contributed by atoms with Crippen LogP contribution in [0.4, 0.5) is 0 Å². The largest absolute Gasteiger partial charge is 0.496 e. The van der Waals surface area contributed by atoms with Crippen molar-refractivity contribution in [2.24, 2.45) is 5.41 Å². The number of carbonyl (C=O) groups is 2. The molecule has 184 valence electrons. The second-order valence-electron chi connectivity index (χ2n) is 9.17. The van der Waals surface area contributed by atoms with E-state index in [9.17, 15) is 9.59 Å². The van der Waals surface area contributed by atoms with E-state index in [4.69, 9.17) is 18.9 Å². The van der Waals surface area contributed by atoms with Gasteiger partial charge in [0.05, 0.1) is 25.7 Å². The van der Waals surface area contributed by atoms with E-state index in [1.165, 1.54) is 14.2 Å². The van der Waals surface area contributed by atoms with Gasteiger partial charge in [-0.15, -0.1) is 9.24 Å². The Hall–Kier alpha value is -3.11. The Kier molecular flexibility index (Phi) is 7.61. The van der Waals surface area contributed by atoms with Crippen molar-refractivity contribution in [1.29, 1.82) is 0 Å². The van der Waals surface area contributed by atoms with E-state index in [0.29, 0.717) is 42.7 Å². The third-order valence-corrected chi connectivity index (χ3v) is 7.25. The van der Waals surface area contributed by atoms with Crippen molar-refractivity contribution in [3.63, 3.8) is 0 Å². The number of rotatable bonds is 7. The summed E-state index contributed by atoms with van der Waals surface area (Å²) >= 11 is 0. The van der Waals surface area contributed by atoms with Gasteiger partial charge in [-0.2, -0.15) is 0 Å². The van der Waals surface area contributed by atoms with Crippen molar-refractivity contribution in [2.45, 2.75) is 45.3 Å². The molecule has 1 atom stereocenters. The van der Waals surface area contributed by atoms with Gasteiger partial charge in [-0.05, 0) is 61.1 Å². The lowest BCUT2D eigenvalue weighted by Crippen LogP contribution is -2.37. The van der Waals surface area contributed by atoms with Crippen LogP contribution in [-0.4, -0.2) is 32.3 Å². The monoisotopic (exact) mass is 494 g/mol. The van der Waals surface area contributed by atoms with Crippen molar-refractivity contribution in [1.82, 2.24) is 0 Å². The summed E-state index contributed by atoms with van der Waals surface area (Å²) in [4.78, 5) is 25.2. The average molecular weight is 495 g/mol. The first-order valence-electron chi connectivity index (χ1n) is 11.7. The summed E-state index contributed by atoms with van der Waals surface area (Å²) in [6.45, 7) is 2.23. The minimum Gasteiger partial charge on any atom is -0.496 e. The van der Waals surface area contributed by atoms with Crippen LogP contribution in [0.25, 0.3) is 10.8 Å². The van der Waals surface area contributed by atoms with Crippen LogP contribution in [-0.2, 0) is 20.9 Å². The van der Waals surface area contributed by atoms with Crippen LogP contribution in [0.5, 0.6) is 11.5 Å². The first kappa shape index (κ1) is 25.0. The van der Waals surface area contributed by atoms with Gasteiger partial charge in [0.1, 0.15) is 23.7 Å². The molecular weight excluding hydrogens is 463 g/mol. The number of fused-ring (bicyclic) bond motifs is 1. The molecule has 0 bridgehead atoms. The van der Waals surface area contributed by atoms with E-state index in [2.05, 4.69) is 21.4 Å². The molecule has 0 heterocycles. The van der Waals surface area contributed by atoms with Gasteiger partial charge >= 0.3 is 11.9 Å². The summed E-state index contributed by atoms with van der Waals surface area (Å²) < 4.78 is 22.2. The van der Waals surface area contributed by atoms with Crippen LogP contribution < -0.4 is 14.8 Å². The highest BCUT2D eigenvalue weighted by Gasteiger charge is 2.39. The topological polar surface area (TPSA) is 71.1 Å². The Labute approximate surface area is 208 Å². The van der Waals surface area contributed by atoms with E-state index in [-0.39, 0.29) is 18.7 Å². The molecule has 0 aliphatic heterocycles. The van der Waals surface area contributed by atoms with Crippen LogP contribution in [0.3, 0.4) is 0 Å². The highest BCUT2D eigenvalue weighted by atomic mass is 31.0. The van der Waals surface area contributed by atoms with Crippen LogP contribution in [0.15, 0.2) is 54.6 Å². The molecule has 35 heavy (non-hydrogen) atoms. The molecule has 0 radical (unpaired) electrons. The molecule has 0 spiro atoms. The second-order valence-corrected chi connectivity index (χ2v) is 9.80. The van der Waals surface area contributed by atoms with Crippen LogP contribution >= 0.6 is 9.24 Å². The molecule has 4 rings (SSSR count). The molecule has 3 aromatic rings. The van der Waals surface area contributed by atoms with E-state index in [1.54, 1.807) is 12.1 Å². The molecule has 0 amide bonds. The quantitative estimate of drug-likeness (QED) is 0.332. The molecule has 1 aliphatic carbocycles. The maximum atomic E-state index is 13.0. The molecule has 1 fully saturated rings. The van der Waals surface area contributed by atoms with E-state index in [0.717, 1.165) is 21.6 Å². The zero-order valence-corrected chi connectivity index (χ0v) is 21.5. The molecular formula is C28H31O6P. The lowest BCUT2D eigenvalue weighted by Gasteiger charge is -2.35. The highest BCUT2D eigenvalue weighted by Crippen LogP contribution is 2.39. The lowest BCUT2D eigenvalue weighted by atomic mass is 9.74. The fourth-order valence-corrected chi connectivity index (χ4v) is 4.88. The lowest BCUT2D eigenvalue weighted by molar-refractivity contribution is -0.159. The van der Waals surface area contributed by atoms with Gasteiger partial charge < -0.3 is 18.9 Å². The van der Waals surface area contributed by atoms with Crippen LogP contribution in [0, 0.1) is 5.41 Å². The second kappa shape index (κ2) is 10.7. The molecule has 0 aromatic heterocycles. The predicted molar refractivity (Wildman–Crippen MR) is 138 cm³/mol. The fourth-order valence-electron chi connectivity index (χ4n) is 4.58. The van der Waals surface area contributed by atoms with Crippen molar-refractivity contribution < 1.29 is 28.5 Å². The molecule has 6 nitrogen and oxygen atoms in total. The molecule has 3 aromatic carbocycles. The zero-order chi connectivity index (χ0) is 25.0. The first-order valence-corrected chi connectivity index (χ1v) is 12.3. The number of carbonyl (C=O) groups excluding carboxylic acids is 2. The first-order chi connectivity index (χ1) is 16.8.